The lowest BCUT2D eigenvalue weighted by molar-refractivity contribution is -0.127. The molecule has 1 aliphatic rings. The summed E-state index contributed by atoms with van der Waals surface area (Å²) in [5.41, 5.74) is -0.839. The lowest BCUT2D eigenvalue weighted by Gasteiger charge is -2.31. The highest BCUT2D eigenvalue weighted by molar-refractivity contribution is 5.81. The van der Waals surface area contributed by atoms with Crippen LogP contribution in [0.2, 0.25) is 0 Å². The van der Waals surface area contributed by atoms with E-state index in [2.05, 4.69) is 10.2 Å². The summed E-state index contributed by atoms with van der Waals surface area (Å²) < 4.78 is 0. The van der Waals surface area contributed by atoms with E-state index in [-0.39, 0.29) is 17.9 Å². The van der Waals surface area contributed by atoms with E-state index in [0.29, 0.717) is 6.54 Å². The Balaban J connectivity index is 2.43. The van der Waals surface area contributed by atoms with Crippen LogP contribution in [-0.2, 0) is 4.79 Å². The van der Waals surface area contributed by atoms with Gasteiger partial charge in [-0.15, -0.1) is 0 Å². The average molecular weight is 270 g/mol. The third-order valence-electron chi connectivity index (χ3n) is 4.43. The Labute approximate surface area is 117 Å². The largest absolute Gasteiger partial charge is 0.388 e. The zero-order valence-corrected chi connectivity index (χ0v) is 12.9. The molecule has 2 N–H and O–H groups in total. The van der Waals surface area contributed by atoms with E-state index in [4.69, 9.17) is 0 Å². The molecule has 1 heterocycles. The summed E-state index contributed by atoms with van der Waals surface area (Å²) in [7, 11) is 0. The molecule has 0 aliphatic carbocycles. The summed E-state index contributed by atoms with van der Waals surface area (Å²) in [5.74, 6) is 0.157. The SMILES string of the molecule is CC(C)[C@@](C)(O)CNC(=O)[C@@H](C)N1CCCCCC1. The first-order valence-electron chi connectivity index (χ1n) is 7.58. The third kappa shape index (κ3) is 5.11. The molecule has 1 fully saturated rings. The third-order valence-corrected chi connectivity index (χ3v) is 4.43. The molecule has 0 radical (unpaired) electrons. The molecule has 4 nitrogen and oxygen atoms in total. The molecular weight excluding hydrogens is 240 g/mol. The number of likely N-dealkylation sites (tertiary alicyclic amines) is 1. The van der Waals surface area contributed by atoms with E-state index >= 15 is 0 Å². The van der Waals surface area contributed by atoms with Crippen molar-refractivity contribution in [2.75, 3.05) is 19.6 Å². The van der Waals surface area contributed by atoms with Gasteiger partial charge in [0.25, 0.3) is 0 Å². The first-order chi connectivity index (χ1) is 8.84. The van der Waals surface area contributed by atoms with E-state index in [1.165, 1.54) is 25.7 Å². The van der Waals surface area contributed by atoms with Crippen LogP contribution >= 0.6 is 0 Å². The van der Waals surface area contributed by atoms with Gasteiger partial charge in [-0.3, -0.25) is 9.69 Å². The number of amides is 1. The molecule has 1 aliphatic heterocycles. The van der Waals surface area contributed by atoms with Gasteiger partial charge in [-0.2, -0.15) is 0 Å². The lowest BCUT2D eigenvalue weighted by Crippen LogP contribution is -2.50. The Morgan fingerprint density at radius 1 is 1.21 bits per heavy atom. The predicted octanol–water partition coefficient (Wildman–Crippen LogP) is 1.77. The number of nitrogens with zero attached hydrogens (tertiary/aromatic N) is 1. The highest BCUT2D eigenvalue weighted by atomic mass is 16.3. The highest BCUT2D eigenvalue weighted by Crippen LogP contribution is 2.15. The standard InChI is InChI=1S/C15H30N2O2/c1-12(2)15(4,19)11-16-14(18)13(3)17-9-7-5-6-8-10-17/h12-13,19H,5-11H2,1-4H3,(H,16,18)/t13-,15+/m1/s1. The number of carbonyl (C=O) groups excluding carboxylic acids is 1. The Morgan fingerprint density at radius 3 is 2.21 bits per heavy atom. The molecular formula is C15H30N2O2. The second-order valence-electron chi connectivity index (χ2n) is 6.36. The molecule has 19 heavy (non-hydrogen) atoms. The predicted molar refractivity (Wildman–Crippen MR) is 78.0 cm³/mol. The fourth-order valence-corrected chi connectivity index (χ4v) is 2.27. The molecule has 0 aromatic heterocycles. The van der Waals surface area contributed by atoms with Crippen molar-refractivity contribution in [3.05, 3.63) is 0 Å². The molecule has 0 saturated carbocycles. The van der Waals surface area contributed by atoms with Gasteiger partial charge >= 0.3 is 0 Å². The van der Waals surface area contributed by atoms with E-state index < -0.39 is 5.60 Å². The average Bonchev–Trinajstić information content (AvgIpc) is 2.63. The first-order valence-corrected chi connectivity index (χ1v) is 7.58. The second-order valence-corrected chi connectivity index (χ2v) is 6.36. The Kier molecular flexibility index (Phi) is 6.27. The summed E-state index contributed by atoms with van der Waals surface area (Å²) in [4.78, 5) is 14.4. The van der Waals surface area contributed by atoms with Crippen molar-refractivity contribution in [2.24, 2.45) is 5.92 Å². The molecule has 112 valence electrons. The summed E-state index contributed by atoms with van der Waals surface area (Å²) in [6.07, 6.45) is 4.91. The summed E-state index contributed by atoms with van der Waals surface area (Å²) in [5, 5.41) is 13.0. The van der Waals surface area contributed by atoms with E-state index in [0.717, 1.165) is 13.1 Å². The topological polar surface area (TPSA) is 52.6 Å². The van der Waals surface area contributed by atoms with Gasteiger partial charge in [-0.1, -0.05) is 26.7 Å². The van der Waals surface area contributed by atoms with Crippen LogP contribution < -0.4 is 5.32 Å². The van der Waals surface area contributed by atoms with Crippen molar-refractivity contribution in [3.63, 3.8) is 0 Å². The van der Waals surface area contributed by atoms with Crippen LogP contribution in [0.4, 0.5) is 0 Å². The van der Waals surface area contributed by atoms with Crippen LogP contribution in [0.25, 0.3) is 0 Å². The molecule has 1 amide bonds. The van der Waals surface area contributed by atoms with Crippen LogP contribution in [0, 0.1) is 5.92 Å². The zero-order chi connectivity index (χ0) is 14.5. The molecule has 1 rings (SSSR count). The van der Waals surface area contributed by atoms with E-state index in [9.17, 15) is 9.90 Å². The second kappa shape index (κ2) is 7.25. The molecule has 0 aromatic rings. The molecule has 0 unspecified atom stereocenters. The number of hydrogen-bond donors (Lipinski definition) is 2. The number of rotatable bonds is 5. The van der Waals surface area contributed by atoms with Crippen molar-refractivity contribution < 1.29 is 9.90 Å². The summed E-state index contributed by atoms with van der Waals surface area (Å²) in [6, 6.07) is -0.0962. The monoisotopic (exact) mass is 270 g/mol. The van der Waals surface area contributed by atoms with Gasteiger partial charge in [0.2, 0.25) is 5.91 Å². The normalized spacial score (nSPS) is 22.6. The lowest BCUT2D eigenvalue weighted by atomic mass is 9.92. The van der Waals surface area contributed by atoms with E-state index in [1.807, 2.05) is 20.8 Å². The van der Waals surface area contributed by atoms with Gasteiger partial charge in [-0.05, 0) is 45.7 Å². The smallest absolute Gasteiger partial charge is 0.237 e. The van der Waals surface area contributed by atoms with Gasteiger partial charge in [0, 0.05) is 6.54 Å². The van der Waals surface area contributed by atoms with Crippen molar-refractivity contribution in [1.29, 1.82) is 0 Å². The molecule has 4 heteroatoms. The van der Waals surface area contributed by atoms with Crippen LogP contribution in [0.3, 0.4) is 0 Å². The zero-order valence-electron chi connectivity index (χ0n) is 12.9. The number of carbonyl (C=O) groups is 1. The molecule has 0 aromatic carbocycles. The fourth-order valence-electron chi connectivity index (χ4n) is 2.27. The quantitative estimate of drug-likeness (QED) is 0.800. The van der Waals surface area contributed by atoms with Crippen molar-refractivity contribution in [2.45, 2.75) is 65.0 Å². The Bertz CT molecular complexity index is 282. The molecule has 2 atom stereocenters. The maximum absolute atomic E-state index is 12.2. The summed E-state index contributed by atoms with van der Waals surface area (Å²) >= 11 is 0. The maximum atomic E-state index is 12.2. The number of nitrogens with one attached hydrogen (secondary N) is 1. The van der Waals surface area contributed by atoms with Crippen LogP contribution in [-0.4, -0.2) is 47.2 Å². The minimum absolute atomic E-state index is 0.0304. The Hall–Kier alpha value is -0.610. The summed E-state index contributed by atoms with van der Waals surface area (Å²) in [6.45, 7) is 10.0. The number of aliphatic hydroxyl groups is 1. The van der Waals surface area contributed by atoms with Crippen molar-refractivity contribution >= 4 is 5.91 Å². The van der Waals surface area contributed by atoms with Gasteiger partial charge in [0.15, 0.2) is 0 Å². The van der Waals surface area contributed by atoms with E-state index in [1.54, 1.807) is 6.92 Å². The van der Waals surface area contributed by atoms with Crippen LogP contribution in [0.1, 0.15) is 53.4 Å². The van der Waals surface area contributed by atoms with Gasteiger partial charge < -0.3 is 10.4 Å². The first kappa shape index (κ1) is 16.4. The maximum Gasteiger partial charge on any atom is 0.237 e. The van der Waals surface area contributed by atoms with Gasteiger partial charge in [-0.25, -0.2) is 0 Å². The molecule has 1 saturated heterocycles. The Morgan fingerprint density at radius 2 is 1.74 bits per heavy atom. The van der Waals surface area contributed by atoms with Crippen LogP contribution in [0.5, 0.6) is 0 Å². The van der Waals surface area contributed by atoms with Crippen LogP contribution in [0.15, 0.2) is 0 Å². The minimum Gasteiger partial charge on any atom is -0.388 e. The minimum atomic E-state index is -0.839. The number of hydrogen-bond acceptors (Lipinski definition) is 3. The fraction of sp³-hybridized carbons (Fsp3) is 0.933. The van der Waals surface area contributed by atoms with Gasteiger partial charge in [0.1, 0.15) is 0 Å². The van der Waals surface area contributed by atoms with Gasteiger partial charge in [0.05, 0.1) is 11.6 Å². The molecule has 0 bridgehead atoms. The van der Waals surface area contributed by atoms with Crippen molar-refractivity contribution in [3.8, 4) is 0 Å². The highest BCUT2D eigenvalue weighted by Gasteiger charge is 2.28. The molecule has 0 spiro atoms. The van der Waals surface area contributed by atoms with Crippen molar-refractivity contribution in [1.82, 2.24) is 10.2 Å².